The van der Waals surface area contributed by atoms with Gasteiger partial charge < -0.3 is 14.8 Å². The maximum Gasteiger partial charge on any atom is 0.243 e. The van der Waals surface area contributed by atoms with Crippen LogP contribution in [0.2, 0.25) is 0 Å². The molecule has 1 aromatic heterocycles. The highest BCUT2D eigenvalue weighted by atomic mass is 16.2. The SMILES string of the molecule is CCCC(=O)NCCCc1nc2ccccc2n1CC(=O)N(Cc1ccccc1)C1CCCCC1. The Morgan fingerprint density at radius 2 is 1.77 bits per heavy atom. The first-order valence-electron chi connectivity index (χ1n) is 13.2. The molecule has 4 rings (SSSR count). The Morgan fingerprint density at radius 1 is 1.03 bits per heavy atom. The largest absolute Gasteiger partial charge is 0.356 e. The van der Waals surface area contributed by atoms with Crippen LogP contribution in [0.15, 0.2) is 54.6 Å². The van der Waals surface area contributed by atoms with Crippen molar-refractivity contribution < 1.29 is 9.59 Å². The van der Waals surface area contributed by atoms with E-state index in [1.165, 1.54) is 24.8 Å². The molecule has 0 aliphatic heterocycles. The topological polar surface area (TPSA) is 67.2 Å². The smallest absolute Gasteiger partial charge is 0.243 e. The zero-order valence-corrected chi connectivity index (χ0v) is 20.9. The third kappa shape index (κ3) is 6.71. The second-order valence-corrected chi connectivity index (χ2v) is 9.61. The van der Waals surface area contributed by atoms with Gasteiger partial charge in [-0.25, -0.2) is 4.98 Å². The predicted octanol–water partition coefficient (Wildman–Crippen LogP) is 5.25. The highest BCUT2D eigenvalue weighted by Gasteiger charge is 2.26. The molecular formula is C29H38N4O2. The van der Waals surface area contributed by atoms with Crippen LogP contribution in [0.25, 0.3) is 11.0 Å². The van der Waals surface area contributed by atoms with E-state index >= 15 is 0 Å². The van der Waals surface area contributed by atoms with Crippen molar-refractivity contribution >= 4 is 22.8 Å². The van der Waals surface area contributed by atoms with E-state index in [1.807, 2.05) is 49.4 Å². The highest BCUT2D eigenvalue weighted by Crippen LogP contribution is 2.25. The fourth-order valence-corrected chi connectivity index (χ4v) is 5.10. The van der Waals surface area contributed by atoms with E-state index in [0.29, 0.717) is 32.1 Å². The van der Waals surface area contributed by atoms with Crippen molar-refractivity contribution in [1.29, 1.82) is 0 Å². The highest BCUT2D eigenvalue weighted by molar-refractivity contribution is 5.81. The van der Waals surface area contributed by atoms with Gasteiger partial charge in [0.25, 0.3) is 0 Å². The number of amides is 2. The van der Waals surface area contributed by atoms with E-state index in [0.717, 1.165) is 49.0 Å². The number of hydrogen-bond acceptors (Lipinski definition) is 3. The molecule has 35 heavy (non-hydrogen) atoms. The first-order valence-corrected chi connectivity index (χ1v) is 13.2. The molecule has 0 saturated heterocycles. The minimum atomic E-state index is 0.0974. The number of aryl methyl sites for hydroxylation is 1. The van der Waals surface area contributed by atoms with Gasteiger partial charge in [0, 0.05) is 32.0 Å². The van der Waals surface area contributed by atoms with Crippen LogP contribution in [-0.2, 0) is 29.1 Å². The van der Waals surface area contributed by atoms with Gasteiger partial charge in [0.05, 0.1) is 11.0 Å². The Hall–Kier alpha value is -3.15. The van der Waals surface area contributed by atoms with Gasteiger partial charge in [-0.3, -0.25) is 9.59 Å². The average molecular weight is 475 g/mol. The second kappa shape index (κ2) is 12.5. The third-order valence-corrected chi connectivity index (χ3v) is 6.93. The summed E-state index contributed by atoms with van der Waals surface area (Å²) in [4.78, 5) is 32.6. The van der Waals surface area contributed by atoms with Crippen LogP contribution in [0.5, 0.6) is 0 Å². The second-order valence-electron chi connectivity index (χ2n) is 9.61. The first kappa shape index (κ1) is 25.0. The van der Waals surface area contributed by atoms with E-state index in [2.05, 4.69) is 26.9 Å². The number of rotatable bonds is 11. The quantitative estimate of drug-likeness (QED) is 0.386. The van der Waals surface area contributed by atoms with Gasteiger partial charge in [-0.05, 0) is 43.4 Å². The molecule has 6 heteroatoms. The molecule has 1 fully saturated rings. The molecule has 6 nitrogen and oxygen atoms in total. The fraction of sp³-hybridized carbons (Fsp3) is 0.483. The van der Waals surface area contributed by atoms with Crippen LogP contribution in [0.3, 0.4) is 0 Å². The summed E-state index contributed by atoms with van der Waals surface area (Å²) in [6.07, 6.45) is 8.71. The van der Waals surface area contributed by atoms with Gasteiger partial charge in [-0.15, -0.1) is 0 Å². The number of benzene rings is 2. The van der Waals surface area contributed by atoms with Crippen molar-refractivity contribution in [1.82, 2.24) is 19.8 Å². The van der Waals surface area contributed by atoms with Crippen molar-refractivity contribution in [3.05, 3.63) is 66.0 Å². The minimum absolute atomic E-state index is 0.0974. The maximum absolute atomic E-state index is 13.8. The summed E-state index contributed by atoms with van der Waals surface area (Å²) in [5.74, 6) is 1.16. The molecule has 1 aliphatic rings. The number of hydrogen-bond donors (Lipinski definition) is 1. The average Bonchev–Trinajstić information content (AvgIpc) is 3.23. The van der Waals surface area contributed by atoms with Crippen LogP contribution in [0.4, 0.5) is 0 Å². The van der Waals surface area contributed by atoms with Crippen LogP contribution in [-0.4, -0.2) is 38.9 Å². The van der Waals surface area contributed by atoms with Gasteiger partial charge in [0.1, 0.15) is 12.4 Å². The van der Waals surface area contributed by atoms with Gasteiger partial charge in [0.2, 0.25) is 11.8 Å². The van der Waals surface area contributed by atoms with Gasteiger partial charge in [-0.2, -0.15) is 0 Å². The van der Waals surface area contributed by atoms with Crippen molar-refractivity contribution in [3.8, 4) is 0 Å². The zero-order chi connectivity index (χ0) is 24.5. The Bertz CT molecular complexity index is 1100. The predicted molar refractivity (Wildman–Crippen MR) is 140 cm³/mol. The number of nitrogens with zero attached hydrogens (tertiary/aromatic N) is 3. The number of carbonyl (C=O) groups is 2. The van der Waals surface area contributed by atoms with Crippen LogP contribution in [0.1, 0.15) is 69.7 Å². The molecule has 2 amide bonds. The molecule has 0 atom stereocenters. The van der Waals surface area contributed by atoms with Gasteiger partial charge in [0.15, 0.2) is 0 Å². The van der Waals surface area contributed by atoms with E-state index in [4.69, 9.17) is 4.98 Å². The number of fused-ring (bicyclic) bond motifs is 1. The molecule has 3 aromatic rings. The summed E-state index contributed by atoms with van der Waals surface area (Å²) < 4.78 is 2.09. The lowest BCUT2D eigenvalue weighted by Crippen LogP contribution is -2.42. The van der Waals surface area contributed by atoms with Gasteiger partial charge >= 0.3 is 0 Å². The van der Waals surface area contributed by atoms with Crippen LogP contribution < -0.4 is 5.32 Å². The van der Waals surface area contributed by atoms with E-state index < -0.39 is 0 Å². The molecule has 0 bridgehead atoms. The summed E-state index contributed by atoms with van der Waals surface area (Å²) in [7, 11) is 0. The lowest BCUT2D eigenvalue weighted by atomic mass is 9.93. The molecule has 0 unspecified atom stereocenters. The Labute approximate surface area is 208 Å². The molecule has 1 saturated carbocycles. The molecule has 186 valence electrons. The zero-order valence-electron chi connectivity index (χ0n) is 20.9. The number of para-hydroxylation sites is 2. The van der Waals surface area contributed by atoms with E-state index in [-0.39, 0.29) is 11.8 Å². The number of nitrogens with one attached hydrogen (secondary N) is 1. The van der Waals surface area contributed by atoms with E-state index in [9.17, 15) is 9.59 Å². The maximum atomic E-state index is 13.8. The number of carbonyl (C=O) groups excluding carboxylic acids is 2. The van der Waals surface area contributed by atoms with Gasteiger partial charge in [-0.1, -0.05) is 68.7 Å². The van der Waals surface area contributed by atoms with Crippen molar-refractivity contribution in [2.24, 2.45) is 0 Å². The lowest BCUT2D eigenvalue weighted by Gasteiger charge is -2.35. The fourth-order valence-electron chi connectivity index (χ4n) is 5.10. The first-order chi connectivity index (χ1) is 17.2. The number of imidazole rings is 1. The monoisotopic (exact) mass is 474 g/mol. The summed E-state index contributed by atoms with van der Waals surface area (Å²) in [6.45, 7) is 3.57. The molecule has 0 spiro atoms. The van der Waals surface area contributed by atoms with E-state index in [1.54, 1.807) is 0 Å². The Balaban J connectivity index is 1.52. The van der Waals surface area contributed by atoms with Crippen LogP contribution >= 0.6 is 0 Å². The number of aromatic nitrogens is 2. The third-order valence-electron chi connectivity index (χ3n) is 6.93. The molecule has 1 aliphatic carbocycles. The summed E-state index contributed by atoms with van der Waals surface area (Å²) in [5.41, 5.74) is 3.08. The normalized spacial score (nSPS) is 14.2. The summed E-state index contributed by atoms with van der Waals surface area (Å²) in [6, 6.07) is 18.6. The Morgan fingerprint density at radius 3 is 2.54 bits per heavy atom. The minimum Gasteiger partial charge on any atom is -0.356 e. The standard InChI is InChI=1S/C29H38N4O2/c1-2-12-28(34)30-20-11-19-27-31-25-17-9-10-18-26(25)33(27)22-29(35)32(24-15-7-4-8-16-24)21-23-13-5-3-6-14-23/h3,5-6,9-10,13-14,17-18,24H,2,4,7-8,11-12,15-16,19-22H2,1H3,(H,30,34). The lowest BCUT2D eigenvalue weighted by molar-refractivity contribution is -0.135. The molecule has 1 heterocycles. The summed E-state index contributed by atoms with van der Waals surface area (Å²) >= 11 is 0. The Kier molecular flexibility index (Phi) is 8.93. The van der Waals surface area contributed by atoms with Crippen molar-refractivity contribution in [2.75, 3.05) is 6.54 Å². The molecule has 2 aromatic carbocycles. The van der Waals surface area contributed by atoms with Crippen molar-refractivity contribution in [2.45, 2.75) is 83.8 Å². The van der Waals surface area contributed by atoms with Crippen LogP contribution in [0, 0.1) is 0 Å². The molecule has 0 radical (unpaired) electrons. The molecule has 1 N–H and O–H groups in total. The van der Waals surface area contributed by atoms with Crippen molar-refractivity contribution in [3.63, 3.8) is 0 Å². The molecular weight excluding hydrogens is 436 g/mol. The summed E-state index contributed by atoms with van der Waals surface area (Å²) in [5, 5.41) is 2.99.